The van der Waals surface area contributed by atoms with Gasteiger partial charge in [-0.25, -0.2) is 0 Å². The van der Waals surface area contributed by atoms with Gasteiger partial charge in [0.2, 0.25) is 5.91 Å². The van der Waals surface area contributed by atoms with Crippen LogP contribution in [0.15, 0.2) is 29.2 Å². The van der Waals surface area contributed by atoms with Crippen molar-refractivity contribution in [3.8, 4) is 0 Å². The molecule has 18 heavy (non-hydrogen) atoms. The molecule has 0 bridgehead atoms. The summed E-state index contributed by atoms with van der Waals surface area (Å²) >= 11 is 1.75. The van der Waals surface area contributed by atoms with Crippen LogP contribution in [0.1, 0.15) is 31.2 Å². The lowest BCUT2D eigenvalue weighted by Gasteiger charge is -2.23. The van der Waals surface area contributed by atoms with Crippen molar-refractivity contribution in [1.82, 2.24) is 4.90 Å². The highest BCUT2D eigenvalue weighted by atomic mass is 32.2. The van der Waals surface area contributed by atoms with E-state index >= 15 is 0 Å². The number of hydrogen-bond donors (Lipinski definition) is 0. The molecule has 0 radical (unpaired) electrons. The van der Waals surface area contributed by atoms with Crippen molar-refractivity contribution in [1.29, 1.82) is 0 Å². The van der Waals surface area contributed by atoms with Crippen LogP contribution in [0.25, 0.3) is 0 Å². The fourth-order valence-corrected chi connectivity index (χ4v) is 4.09. The van der Waals surface area contributed by atoms with Crippen LogP contribution in [-0.2, 0) is 11.2 Å². The normalized spacial score (nSPS) is 23.6. The standard InChI is InChI=1S/C15H19NOS/c17-15(16-9-5-1-2-6-10-16)14-11-12-7-3-4-8-13(12)18-14/h3-4,7-8,14H,1-2,5-6,9-11H2. The Labute approximate surface area is 113 Å². The summed E-state index contributed by atoms with van der Waals surface area (Å²) in [5.41, 5.74) is 1.34. The second-order valence-corrected chi connectivity index (χ2v) is 6.40. The van der Waals surface area contributed by atoms with Crippen LogP contribution in [0.3, 0.4) is 0 Å². The first-order valence-electron chi connectivity index (χ1n) is 6.88. The van der Waals surface area contributed by atoms with Crippen LogP contribution < -0.4 is 0 Å². The summed E-state index contributed by atoms with van der Waals surface area (Å²) in [6.45, 7) is 1.93. The van der Waals surface area contributed by atoms with Crippen molar-refractivity contribution in [3.05, 3.63) is 29.8 Å². The van der Waals surface area contributed by atoms with E-state index in [2.05, 4.69) is 29.2 Å². The Bertz CT molecular complexity index is 413. The van der Waals surface area contributed by atoms with E-state index in [-0.39, 0.29) is 5.25 Å². The summed E-state index contributed by atoms with van der Waals surface area (Å²) in [4.78, 5) is 15.9. The Morgan fingerprint density at radius 2 is 1.83 bits per heavy atom. The highest BCUT2D eigenvalue weighted by Crippen LogP contribution is 2.37. The molecule has 0 spiro atoms. The molecule has 1 saturated heterocycles. The molecule has 0 aliphatic carbocycles. The number of likely N-dealkylation sites (tertiary alicyclic amines) is 1. The molecule has 2 aliphatic heterocycles. The van der Waals surface area contributed by atoms with Gasteiger partial charge in [-0.05, 0) is 30.9 Å². The van der Waals surface area contributed by atoms with E-state index in [4.69, 9.17) is 0 Å². The Hall–Kier alpha value is -0.960. The zero-order valence-corrected chi connectivity index (χ0v) is 11.4. The third-order valence-corrected chi connectivity index (χ3v) is 5.15. The molecular formula is C15H19NOS. The largest absolute Gasteiger partial charge is 0.342 e. The quantitative estimate of drug-likeness (QED) is 0.774. The van der Waals surface area contributed by atoms with E-state index in [1.165, 1.54) is 36.1 Å². The summed E-state index contributed by atoms with van der Waals surface area (Å²) in [6.07, 6.45) is 5.83. The van der Waals surface area contributed by atoms with Gasteiger partial charge < -0.3 is 4.90 Å². The lowest BCUT2D eigenvalue weighted by Crippen LogP contribution is -2.38. The fourth-order valence-electron chi connectivity index (χ4n) is 2.81. The SMILES string of the molecule is O=C(C1Cc2ccccc2S1)N1CCCCCC1. The van der Waals surface area contributed by atoms with Gasteiger partial charge in [-0.3, -0.25) is 4.79 Å². The Morgan fingerprint density at radius 3 is 2.56 bits per heavy atom. The van der Waals surface area contributed by atoms with Gasteiger partial charge in [-0.1, -0.05) is 31.0 Å². The molecule has 3 rings (SSSR count). The topological polar surface area (TPSA) is 20.3 Å². The molecule has 3 heteroatoms. The maximum atomic E-state index is 12.5. The molecule has 0 aromatic heterocycles. The van der Waals surface area contributed by atoms with Crippen molar-refractivity contribution in [2.45, 2.75) is 42.2 Å². The molecule has 1 aromatic rings. The van der Waals surface area contributed by atoms with E-state index in [1.807, 2.05) is 0 Å². The van der Waals surface area contributed by atoms with Crippen LogP contribution in [-0.4, -0.2) is 29.1 Å². The molecule has 0 saturated carbocycles. The van der Waals surface area contributed by atoms with Crippen molar-refractivity contribution >= 4 is 17.7 Å². The van der Waals surface area contributed by atoms with E-state index in [1.54, 1.807) is 11.8 Å². The maximum absolute atomic E-state index is 12.5. The minimum atomic E-state index is 0.125. The van der Waals surface area contributed by atoms with Crippen LogP contribution >= 0.6 is 11.8 Å². The molecule has 96 valence electrons. The highest BCUT2D eigenvalue weighted by molar-refractivity contribution is 8.01. The Balaban J connectivity index is 1.68. The summed E-state index contributed by atoms with van der Waals surface area (Å²) in [5.74, 6) is 0.359. The number of nitrogens with zero attached hydrogens (tertiary/aromatic N) is 1. The van der Waals surface area contributed by atoms with Crippen LogP contribution in [0.4, 0.5) is 0 Å². The van der Waals surface area contributed by atoms with Gasteiger partial charge in [0.1, 0.15) is 0 Å². The Morgan fingerprint density at radius 1 is 1.11 bits per heavy atom. The van der Waals surface area contributed by atoms with E-state index in [0.29, 0.717) is 5.91 Å². The summed E-state index contributed by atoms with van der Waals surface area (Å²) in [6, 6.07) is 8.41. The second-order valence-electron chi connectivity index (χ2n) is 5.16. The summed E-state index contributed by atoms with van der Waals surface area (Å²) < 4.78 is 0. The van der Waals surface area contributed by atoms with Gasteiger partial charge in [-0.2, -0.15) is 0 Å². The monoisotopic (exact) mass is 261 g/mol. The third-order valence-electron chi connectivity index (χ3n) is 3.84. The van der Waals surface area contributed by atoms with Crippen LogP contribution in [0, 0.1) is 0 Å². The average molecular weight is 261 g/mol. The van der Waals surface area contributed by atoms with Gasteiger partial charge in [0.05, 0.1) is 5.25 Å². The first-order chi connectivity index (χ1) is 8.84. The number of fused-ring (bicyclic) bond motifs is 1. The lowest BCUT2D eigenvalue weighted by atomic mass is 10.1. The molecule has 1 fully saturated rings. The summed E-state index contributed by atoms with van der Waals surface area (Å²) in [5, 5.41) is 0.125. The number of carbonyl (C=O) groups is 1. The number of rotatable bonds is 1. The second kappa shape index (κ2) is 5.35. The highest BCUT2D eigenvalue weighted by Gasteiger charge is 2.31. The van der Waals surface area contributed by atoms with Crippen molar-refractivity contribution in [2.24, 2.45) is 0 Å². The molecule has 2 aliphatic rings. The number of benzene rings is 1. The number of amides is 1. The van der Waals surface area contributed by atoms with Gasteiger partial charge in [0.25, 0.3) is 0 Å². The van der Waals surface area contributed by atoms with Gasteiger partial charge in [-0.15, -0.1) is 11.8 Å². The fraction of sp³-hybridized carbons (Fsp3) is 0.533. The zero-order valence-electron chi connectivity index (χ0n) is 10.6. The van der Waals surface area contributed by atoms with Crippen LogP contribution in [0.2, 0.25) is 0 Å². The van der Waals surface area contributed by atoms with Crippen molar-refractivity contribution < 1.29 is 4.79 Å². The molecule has 1 atom stereocenters. The van der Waals surface area contributed by atoms with E-state index in [0.717, 1.165) is 19.5 Å². The molecule has 0 N–H and O–H groups in total. The van der Waals surface area contributed by atoms with Gasteiger partial charge in [0, 0.05) is 18.0 Å². The molecule has 1 aromatic carbocycles. The summed E-state index contributed by atoms with van der Waals surface area (Å²) in [7, 11) is 0. The zero-order chi connectivity index (χ0) is 12.4. The molecule has 1 unspecified atom stereocenters. The number of carbonyl (C=O) groups excluding carboxylic acids is 1. The van der Waals surface area contributed by atoms with E-state index < -0.39 is 0 Å². The first-order valence-corrected chi connectivity index (χ1v) is 7.76. The Kier molecular flexibility index (Phi) is 3.59. The average Bonchev–Trinajstić information content (AvgIpc) is 2.64. The predicted octanol–water partition coefficient (Wildman–Crippen LogP) is 3.11. The molecular weight excluding hydrogens is 242 g/mol. The minimum absolute atomic E-state index is 0.125. The van der Waals surface area contributed by atoms with E-state index in [9.17, 15) is 4.79 Å². The smallest absolute Gasteiger partial charge is 0.236 e. The molecule has 2 heterocycles. The first kappa shape index (κ1) is 12.1. The number of thioether (sulfide) groups is 1. The molecule has 2 nitrogen and oxygen atoms in total. The van der Waals surface area contributed by atoms with Gasteiger partial charge >= 0.3 is 0 Å². The van der Waals surface area contributed by atoms with Gasteiger partial charge in [0.15, 0.2) is 0 Å². The van der Waals surface area contributed by atoms with Crippen molar-refractivity contribution in [3.63, 3.8) is 0 Å². The predicted molar refractivity (Wildman–Crippen MR) is 74.8 cm³/mol. The van der Waals surface area contributed by atoms with Crippen molar-refractivity contribution in [2.75, 3.05) is 13.1 Å². The lowest BCUT2D eigenvalue weighted by molar-refractivity contribution is -0.130. The number of hydrogen-bond acceptors (Lipinski definition) is 2. The minimum Gasteiger partial charge on any atom is -0.342 e. The van der Waals surface area contributed by atoms with Crippen LogP contribution in [0.5, 0.6) is 0 Å². The molecule has 1 amide bonds. The third kappa shape index (κ3) is 2.41. The maximum Gasteiger partial charge on any atom is 0.236 e.